The van der Waals surface area contributed by atoms with Crippen molar-refractivity contribution < 1.29 is 14.2 Å². The predicted molar refractivity (Wildman–Crippen MR) is 67.7 cm³/mol. The molecule has 1 aromatic carbocycles. The van der Waals surface area contributed by atoms with Gasteiger partial charge in [0.05, 0.1) is 14.2 Å². The summed E-state index contributed by atoms with van der Waals surface area (Å²) in [5.41, 5.74) is 1.10. The maximum atomic E-state index is 5.30. The van der Waals surface area contributed by atoms with Gasteiger partial charge in [-0.3, -0.25) is 0 Å². The van der Waals surface area contributed by atoms with Crippen molar-refractivity contribution in [1.29, 1.82) is 0 Å². The van der Waals surface area contributed by atoms with E-state index in [1.165, 1.54) is 0 Å². The zero-order chi connectivity index (χ0) is 12.5. The van der Waals surface area contributed by atoms with Crippen LogP contribution in [0.1, 0.15) is 12.0 Å². The molecule has 0 aromatic heterocycles. The lowest BCUT2D eigenvalue weighted by Crippen LogP contribution is -2.16. The van der Waals surface area contributed by atoms with Crippen molar-refractivity contribution in [1.82, 2.24) is 5.32 Å². The smallest absolute Gasteiger partial charge is 0.123 e. The van der Waals surface area contributed by atoms with Crippen molar-refractivity contribution in [2.45, 2.75) is 13.0 Å². The third-order valence-electron chi connectivity index (χ3n) is 2.51. The van der Waals surface area contributed by atoms with Gasteiger partial charge >= 0.3 is 0 Å². The van der Waals surface area contributed by atoms with Gasteiger partial charge in [-0.25, -0.2) is 0 Å². The van der Waals surface area contributed by atoms with Crippen LogP contribution in [0.15, 0.2) is 18.2 Å². The van der Waals surface area contributed by atoms with E-state index in [2.05, 4.69) is 5.32 Å². The second-order valence-corrected chi connectivity index (χ2v) is 3.70. The van der Waals surface area contributed by atoms with E-state index in [1.54, 1.807) is 21.3 Å². The fourth-order valence-electron chi connectivity index (χ4n) is 1.58. The molecule has 0 unspecified atom stereocenters. The number of nitrogens with one attached hydrogen (secondary N) is 1. The van der Waals surface area contributed by atoms with Crippen LogP contribution < -0.4 is 14.8 Å². The van der Waals surface area contributed by atoms with Crippen molar-refractivity contribution in [2.24, 2.45) is 0 Å². The molecule has 4 nitrogen and oxygen atoms in total. The average Bonchev–Trinajstić information content (AvgIpc) is 2.38. The van der Waals surface area contributed by atoms with E-state index in [-0.39, 0.29) is 0 Å². The Morgan fingerprint density at radius 2 is 1.94 bits per heavy atom. The van der Waals surface area contributed by atoms with E-state index in [4.69, 9.17) is 14.2 Å². The Balaban J connectivity index is 2.49. The summed E-state index contributed by atoms with van der Waals surface area (Å²) in [4.78, 5) is 0. The maximum absolute atomic E-state index is 5.30. The molecule has 1 aromatic rings. The number of ether oxygens (including phenoxy) is 3. The van der Waals surface area contributed by atoms with Crippen LogP contribution in [0.25, 0.3) is 0 Å². The van der Waals surface area contributed by atoms with Crippen molar-refractivity contribution >= 4 is 0 Å². The van der Waals surface area contributed by atoms with Gasteiger partial charge in [-0.05, 0) is 31.2 Å². The van der Waals surface area contributed by atoms with Gasteiger partial charge in [-0.2, -0.15) is 0 Å². The highest BCUT2D eigenvalue weighted by atomic mass is 16.5. The molecule has 0 amide bonds. The molecular formula is C13H21NO3. The molecule has 17 heavy (non-hydrogen) atoms. The van der Waals surface area contributed by atoms with Crippen LogP contribution in [0.2, 0.25) is 0 Å². The van der Waals surface area contributed by atoms with Gasteiger partial charge in [-0.15, -0.1) is 0 Å². The van der Waals surface area contributed by atoms with Gasteiger partial charge in [0.2, 0.25) is 0 Å². The van der Waals surface area contributed by atoms with Crippen LogP contribution in [0, 0.1) is 0 Å². The molecule has 0 aliphatic rings. The van der Waals surface area contributed by atoms with Crippen LogP contribution in [0.3, 0.4) is 0 Å². The minimum Gasteiger partial charge on any atom is -0.497 e. The Morgan fingerprint density at radius 1 is 1.12 bits per heavy atom. The Hall–Kier alpha value is -1.26. The molecule has 0 atom stereocenters. The SMILES string of the molecule is COCCCNCc1cc(OC)ccc1OC. The number of benzene rings is 1. The summed E-state index contributed by atoms with van der Waals surface area (Å²) >= 11 is 0. The molecule has 0 spiro atoms. The third-order valence-corrected chi connectivity index (χ3v) is 2.51. The minimum absolute atomic E-state index is 0.768. The average molecular weight is 239 g/mol. The topological polar surface area (TPSA) is 39.7 Å². The monoisotopic (exact) mass is 239 g/mol. The Kier molecular flexibility index (Phi) is 6.43. The predicted octanol–water partition coefficient (Wildman–Crippen LogP) is 1.83. The Labute approximate surface area is 103 Å². The molecule has 4 heteroatoms. The summed E-state index contributed by atoms with van der Waals surface area (Å²) < 4.78 is 15.5. The standard InChI is InChI=1S/C13H21NO3/c1-15-8-4-7-14-10-11-9-12(16-2)5-6-13(11)17-3/h5-6,9,14H,4,7-8,10H2,1-3H3. The third kappa shape index (κ3) is 4.63. The number of hydrogen-bond donors (Lipinski definition) is 1. The van der Waals surface area contributed by atoms with Crippen LogP contribution in [0.5, 0.6) is 11.5 Å². The van der Waals surface area contributed by atoms with Crippen molar-refractivity contribution in [2.75, 3.05) is 34.5 Å². The molecule has 0 aliphatic heterocycles. The van der Waals surface area contributed by atoms with E-state index in [9.17, 15) is 0 Å². The molecule has 0 aliphatic carbocycles. The highest BCUT2D eigenvalue weighted by molar-refractivity contribution is 5.40. The lowest BCUT2D eigenvalue weighted by atomic mass is 10.2. The first-order valence-corrected chi connectivity index (χ1v) is 5.72. The van der Waals surface area contributed by atoms with Gasteiger partial charge in [0.15, 0.2) is 0 Å². The van der Waals surface area contributed by atoms with Crippen molar-refractivity contribution in [3.05, 3.63) is 23.8 Å². The second-order valence-electron chi connectivity index (χ2n) is 3.70. The zero-order valence-electron chi connectivity index (χ0n) is 10.8. The first kappa shape index (κ1) is 13.8. The summed E-state index contributed by atoms with van der Waals surface area (Å²) in [6.07, 6.45) is 1.00. The van der Waals surface area contributed by atoms with Gasteiger partial charge in [0.25, 0.3) is 0 Å². The van der Waals surface area contributed by atoms with Crippen molar-refractivity contribution in [3.8, 4) is 11.5 Å². The van der Waals surface area contributed by atoms with E-state index in [0.29, 0.717) is 0 Å². The summed E-state index contributed by atoms with van der Waals surface area (Å²) in [5.74, 6) is 1.73. The zero-order valence-corrected chi connectivity index (χ0v) is 10.8. The minimum atomic E-state index is 0.768. The molecule has 0 radical (unpaired) electrons. The lowest BCUT2D eigenvalue weighted by molar-refractivity contribution is 0.194. The molecule has 0 fully saturated rings. The van der Waals surface area contributed by atoms with Gasteiger partial charge in [-0.1, -0.05) is 0 Å². The van der Waals surface area contributed by atoms with Gasteiger partial charge < -0.3 is 19.5 Å². The fraction of sp³-hybridized carbons (Fsp3) is 0.538. The molecule has 96 valence electrons. The summed E-state index contributed by atoms with van der Waals surface area (Å²) in [5, 5.41) is 3.35. The number of rotatable bonds is 8. The molecular weight excluding hydrogens is 218 g/mol. The highest BCUT2D eigenvalue weighted by Crippen LogP contribution is 2.23. The lowest BCUT2D eigenvalue weighted by Gasteiger charge is -2.11. The molecule has 0 bridgehead atoms. The molecule has 1 N–H and O–H groups in total. The van der Waals surface area contributed by atoms with E-state index >= 15 is 0 Å². The van der Waals surface area contributed by atoms with Crippen molar-refractivity contribution in [3.63, 3.8) is 0 Å². The molecule has 0 saturated heterocycles. The van der Waals surface area contributed by atoms with E-state index in [0.717, 1.165) is 43.2 Å². The number of methoxy groups -OCH3 is 3. The summed E-state index contributed by atoms with van der Waals surface area (Å²) in [6.45, 7) is 2.47. The summed E-state index contributed by atoms with van der Waals surface area (Å²) in [6, 6.07) is 5.81. The van der Waals surface area contributed by atoms with Crippen LogP contribution in [-0.4, -0.2) is 34.5 Å². The summed E-state index contributed by atoms with van der Waals surface area (Å²) in [7, 11) is 5.05. The highest BCUT2D eigenvalue weighted by Gasteiger charge is 2.04. The normalized spacial score (nSPS) is 10.3. The van der Waals surface area contributed by atoms with Crippen LogP contribution in [0.4, 0.5) is 0 Å². The second kappa shape index (κ2) is 7.92. The Morgan fingerprint density at radius 3 is 2.59 bits per heavy atom. The molecule has 0 saturated carbocycles. The van der Waals surface area contributed by atoms with E-state index < -0.39 is 0 Å². The number of hydrogen-bond acceptors (Lipinski definition) is 4. The fourth-order valence-corrected chi connectivity index (χ4v) is 1.58. The maximum Gasteiger partial charge on any atom is 0.123 e. The molecule has 1 rings (SSSR count). The quantitative estimate of drug-likeness (QED) is 0.703. The van der Waals surface area contributed by atoms with Gasteiger partial charge in [0, 0.05) is 25.8 Å². The first-order chi connectivity index (χ1) is 8.31. The van der Waals surface area contributed by atoms with Crippen LogP contribution in [-0.2, 0) is 11.3 Å². The van der Waals surface area contributed by atoms with Gasteiger partial charge in [0.1, 0.15) is 11.5 Å². The van der Waals surface area contributed by atoms with E-state index in [1.807, 2.05) is 18.2 Å². The van der Waals surface area contributed by atoms with Crippen LogP contribution >= 0.6 is 0 Å². The first-order valence-electron chi connectivity index (χ1n) is 5.72. The molecule has 0 heterocycles. The Bertz CT molecular complexity index is 328. The largest absolute Gasteiger partial charge is 0.497 e.